The number of nitrogens with one attached hydrogen (secondary N) is 1. The fraction of sp³-hybridized carbons (Fsp3) is 0.273. The molecule has 2 aromatic heterocycles. The Bertz CT molecular complexity index is 1610. The number of likely N-dealkylation sites (N-methyl/N-ethyl adjacent to an activating group) is 1. The van der Waals surface area contributed by atoms with Crippen LogP contribution in [0.2, 0.25) is 0 Å². The third-order valence-electron chi connectivity index (χ3n) is 7.44. The second kappa shape index (κ2) is 11.7. The van der Waals surface area contributed by atoms with Crippen LogP contribution in [0.15, 0.2) is 84.0 Å². The van der Waals surface area contributed by atoms with Gasteiger partial charge in [0.15, 0.2) is 5.76 Å². The number of benzene rings is 2. The fourth-order valence-electron chi connectivity index (χ4n) is 5.31. The summed E-state index contributed by atoms with van der Waals surface area (Å²) in [7, 11) is 3.28. The van der Waals surface area contributed by atoms with Gasteiger partial charge in [0.2, 0.25) is 5.89 Å². The predicted molar refractivity (Wildman–Crippen MR) is 161 cm³/mol. The van der Waals surface area contributed by atoms with E-state index in [4.69, 9.17) is 14.8 Å². The number of rotatable bonds is 8. The molecule has 1 aliphatic carbocycles. The number of nitrogens with zero attached hydrogens (tertiary/aromatic N) is 4. The average Bonchev–Trinajstić information content (AvgIpc) is 3.62. The molecular weight excluding hydrogens is 498 g/mol. The first kappa shape index (κ1) is 27.1. The van der Waals surface area contributed by atoms with E-state index >= 15 is 0 Å². The summed E-state index contributed by atoms with van der Waals surface area (Å²) in [6, 6.07) is 13.9. The molecule has 7 heteroatoms. The summed E-state index contributed by atoms with van der Waals surface area (Å²) in [4.78, 5) is 23.2. The first-order valence-electron chi connectivity index (χ1n) is 13.8. The Morgan fingerprint density at radius 3 is 2.50 bits per heavy atom. The van der Waals surface area contributed by atoms with Gasteiger partial charge in [-0.15, -0.1) is 0 Å². The lowest BCUT2D eigenvalue weighted by atomic mass is 9.94. The van der Waals surface area contributed by atoms with Gasteiger partial charge in [0, 0.05) is 42.4 Å². The molecule has 5 rings (SSSR count). The van der Waals surface area contributed by atoms with Gasteiger partial charge in [0.25, 0.3) is 5.91 Å². The second-order valence-electron chi connectivity index (χ2n) is 10.3. The Balaban J connectivity index is 1.47. The van der Waals surface area contributed by atoms with E-state index in [2.05, 4.69) is 46.5 Å². The van der Waals surface area contributed by atoms with Crippen LogP contribution in [0.5, 0.6) is 0 Å². The van der Waals surface area contributed by atoms with Crippen molar-refractivity contribution >= 4 is 28.2 Å². The normalized spacial score (nSPS) is 14.6. The van der Waals surface area contributed by atoms with Crippen LogP contribution in [0.25, 0.3) is 39.4 Å². The second-order valence-corrected chi connectivity index (χ2v) is 10.3. The van der Waals surface area contributed by atoms with Crippen LogP contribution in [0.1, 0.15) is 56.5 Å². The van der Waals surface area contributed by atoms with Crippen LogP contribution in [0, 0.1) is 5.41 Å². The fourth-order valence-corrected chi connectivity index (χ4v) is 5.31. The number of hydrogen-bond donors (Lipinski definition) is 1. The van der Waals surface area contributed by atoms with Gasteiger partial charge in [-0.3, -0.25) is 10.2 Å². The molecule has 1 saturated carbocycles. The zero-order valence-electron chi connectivity index (χ0n) is 23.4. The minimum atomic E-state index is -0.336. The summed E-state index contributed by atoms with van der Waals surface area (Å²) < 4.78 is 8.58. The van der Waals surface area contributed by atoms with E-state index in [9.17, 15) is 4.79 Å². The van der Waals surface area contributed by atoms with Crippen LogP contribution < -0.4 is 0 Å². The van der Waals surface area contributed by atoms with Gasteiger partial charge >= 0.3 is 0 Å². The number of imidazole rings is 1. The summed E-state index contributed by atoms with van der Waals surface area (Å²) in [6.07, 6.45) is 15.7. The maximum absolute atomic E-state index is 12.1. The van der Waals surface area contributed by atoms with E-state index < -0.39 is 0 Å². The van der Waals surface area contributed by atoms with Crippen LogP contribution in [0.3, 0.4) is 0 Å². The molecule has 4 aromatic rings. The molecule has 0 radical (unpaired) electrons. The number of hydrogen-bond acceptors (Lipinski definition) is 5. The van der Waals surface area contributed by atoms with E-state index in [0.29, 0.717) is 23.3 Å². The predicted octanol–water partition coefficient (Wildman–Crippen LogP) is 7.47. The van der Waals surface area contributed by atoms with Gasteiger partial charge in [-0.1, -0.05) is 74.4 Å². The first-order valence-corrected chi connectivity index (χ1v) is 13.8. The number of carbonyl (C=O) groups is 1. The van der Waals surface area contributed by atoms with Crippen molar-refractivity contribution in [2.45, 2.75) is 45.1 Å². The molecule has 2 aromatic carbocycles. The molecule has 0 bridgehead atoms. The van der Waals surface area contributed by atoms with Gasteiger partial charge < -0.3 is 13.9 Å². The van der Waals surface area contributed by atoms with Crippen LogP contribution in [-0.4, -0.2) is 45.1 Å². The van der Waals surface area contributed by atoms with Crippen molar-refractivity contribution in [1.29, 1.82) is 5.41 Å². The summed E-state index contributed by atoms with van der Waals surface area (Å²) in [6.45, 7) is 5.87. The highest BCUT2D eigenvalue weighted by Gasteiger charge is 2.23. The van der Waals surface area contributed by atoms with Crippen molar-refractivity contribution in [3.8, 4) is 22.8 Å². The molecule has 1 amide bonds. The molecule has 0 atom stereocenters. The van der Waals surface area contributed by atoms with Crippen molar-refractivity contribution in [2.24, 2.45) is 0 Å². The lowest BCUT2D eigenvalue weighted by Crippen LogP contribution is -2.29. The number of fused-ring (bicyclic) bond motifs is 1. The maximum atomic E-state index is 12.1. The summed E-state index contributed by atoms with van der Waals surface area (Å²) in [5.41, 5.74) is 5.30. The van der Waals surface area contributed by atoms with Crippen LogP contribution >= 0.6 is 0 Å². The third-order valence-corrected chi connectivity index (χ3v) is 7.44. The highest BCUT2D eigenvalue weighted by molar-refractivity contribution is 6.43. The number of aromatic nitrogens is 3. The van der Waals surface area contributed by atoms with Crippen LogP contribution in [-0.2, 0) is 4.79 Å². The molecule has 1 aliphatic rings. The highest BCUT2D eigenvalue weighted by atomic mass is 16.4. The van der Waals surface area contributed by atoms with E-state index in [1.165, 1.54) is 24.2 Å². The Labute approximate surface area is 235 Å². The average molecular weight is 534 g/mol. The molecule has 0 saturated heterocycles. The van der Waals surface area contributed by atoms with E-state index in [1.54, 1.807) is 38.5 Å². The molecule has 2 heterocycles. The lowest BCUT2D eigenvalue weighted by molar-refractivity contribution is -0.121. The maximum Gasteiger partial charge on any atom is 0.271 e. The Morgan fingerprint density at radius 1 is 1.10 bits per heavy atom. The summed E-state index contributed by atoms with van der Waals surface area (Å²) >= 11 is 0. The minimum Gasteiger partial charge on any atom is -0.436 e. The quantitative estimate of drug-likeness (QED) is 0.188. The number of amides is 1. The highest BCUT2D eigenvalue weighted by Crippen LogP contribution is 2.36. The lowest BCUT2D eigenvalue weighted by Gasteiger charge is -2.26. The molecule has 0 spiro atoms. The standard InChI is InChI=1S/C33H35N5O2/c1-5-7-11-22(6-2)31-36-27-20-25(18-19-28(27)38(31)26-12-9-8-10-13-26)32-35-21-29(40-32)23-14-16-24(17-15-23)30(34)33(39)37(3)4/h5-7,11,14-21,26,34H,1,8-10,12-13H2,2-4H3/b11-7-,22-6+,34-30?. The van der Waals surface area contributed by atoms with Crippen molar-refractivity contribution in [3.05, 3.63) is 90.9 Å². The van der Waals surface area contributed by atoms with Gasteiger partial charge in [-0.05, 0) is 38.0 Å². The molecule has 1 N–H and O–H groups in total. The summed E-state index contributed by atoms with van der Waals surface area (Å²) in [5.74, 6) is 1.78. The topological polar surface area (TPSA) is 88.0 Å². The van der Waals surface area contributed by atoms with Gasteiger partial charge in [-0.25, -0.2) is 9.97 Å². The van der Waals surface area contributed by atoms with Gasteiger partial charge in [0.05, 0.1) is 17.2 Å². The largest absolute Gasteiger partial charge is 0.436 e. The van der Waals surface area contributed by atoms with Crippen molar-refractivity contribution in [2.75, 3.05) is 14.1 Å². The number of oxazole rings is 1. The molecule has 204 valence electrons. The third kappa shape index (κ3) is 5.32. The zero-order valence-corrected chi connectivity index (χ0v) is 23.4. The smallest absolute Gasteiger partial charge is 0.271 e. The SMILES string of the molecule is C=C/C=C\C(=C/C)c1nc2cc(-c3ncc(-c4ccc(C(=N)C(=O)N(C)C)cc4)o3)ccc2n1C1CCCCC1. The first-order chi connectivity index (χ1) is 19.4. The summed E-state index contributed by atoms with van der Waals surface area (Å²) in [5, 5.41) is 8.13. The molecular formula is C33H35N5O2. The zero-order chi connectivity index (χ0) is 28.2. The Hall–Kier alpha value is -4.52. The van der Waals surface area contributed by atoms with Crippen molar-refractivity contribution in [3.63, 3.8) is 0 Å². The molecule has 0 aliphatic heterocycles. The van der Waals surface area contributed by atoms with Crippen LogP contribution in [0.4, 0.5) is 0 Å². The molecule has 1 fully saturated rings. The molecule has 7 nitrogen and oxygen atoms in total. The van der Waals surface area contributed by atoms with E-state index in [-0.39, 0.29) is 11.6 Å². The van der Waals surface area contributed by atoms with Gasteiger partial charge in [-0.2, -0.15) is 0 Å². The van der Waals surface area contributed by atoms with Crippen molar-refractivity contribution < 1.29 is 9.21 Å². The van der Waals surface area contributed by atoms with Gasteiger partial charge in [0.1, 0.15) is 11.5 Å². The molecule has 40 heavy (non-hydrogen) atoms. The minimum absolute atomic E-state index is 0.0452. The Morgan fingerprint density at radius 2 is 1.82 bits per heavy atom. The number of carbonyl (C=O) groups excluding carboxylic acids is 1. The Kier molecular flexibility index (Phi) is 7.91. The van der Waals surface area contributed by atoms with E-state index in [0.717, 1.165) is 46.4 Å². The monoisotopic (exact) mass is 533 g/mol. The number of allylic oxidation sites excluding steroid dienone is 5. The van der Waals surface area contributed by atoms with E-state index in [1.807, 2.05) is 25.1 Å². The molecule has 0 unspecified atom stereocenters. The van der Waals surface area contributed by atoms with Crippen molar-refractivity contribution in [1.82, 2.24) is 19.4 Å².